The number of nitrogens with zero attached hydrogens (tertiary/aromatic N) is 1. The summed E-state index contributed by atoms with van der Waals surface area (Å²) in [6, 6.07) is 6.99. The second-order valence-electron chi connectivity index (χ2n) is 5.60. The van der Waals surface area contributed by atoms with Gasteiger partial charge in [-0.3, -0.25) is 14.0 Å². The van der Waals surface area contributed by atoms with E-state index in [1.807, 2.05) is 12.1 Å². The quantitative estimate of drug-likeness (QED) is 0.875. The molecule has 2 atom stereocenters. The van der Waals surface area contributed by atoms with Gasteiger partial charge in [0.25, 0.3) is 11.5 Å². The van der Waals surface area contributed by atoms with E-state index in [-0.39, 0.29) is 11.5 Å². The number of amides is 1. The number of pyridine rings is 2. The van der Waals surface area contributed by atoms with Crippen molar-refractivity contribution in [1.82, 2.24) is 4.40 Å². The van der Waals surface area contributed by atoms with E-state index >= 15 is 0 Å². The van der Waals surface area contributed by atoms with Crippen molar-refractivity contribution in [2.24, 2.45) is 5.73 Å². The third kappa shape index (κ3) is 2.34. The van der Waals surface area contributed by atoms with Crippen LogP contribution in [0.5, 0.6) is 0 Å². The predicted molar refractivity (Wildman–Crippen MR) is 79.4 cm³/mol. The van der Waals surface area contributed by atoms with Gasteiger partial charge in [-0.1, -0.05) is 18.9 Å². The fraction of sp³-hybridized carbons (Fsp3) is 0.375. The monoisotopic (exact) mass is 286 g/mol. The van der Waals surface area contributed by atoms with Crippen LogP contribution < -0.4 is 11.3 Å². The zero-order valence-corrected chi connectivity index (χ0v) is 11.7. The van der Waals surface area contributed by atoms with E-state index in [4.69, 9.17) is 5.73 Å². The number of fused-ring (bicyclic) bond motifs is 1. The van der Waals surface area contributed by atoms with Crippen LogP contribution in [0.4, 0.5) is 0 Å². The molecule has 2 aromatic heterocycles. The Balaban J connectivity index is 2.28. The van der Waals surface area contributed by atoms with Crippen molar-refractivity contribution in [2.45, 2.75) is 37.7 Å². The predicted octanol–water partition coefficient (Wildman–Crippen LogP) is 1.42. The summed E-state index contributed by atoms with van der Waals surface area (Å²) in [7, 11) is 0. The molecule has 1 saturated carbocycles. The minimum atomic E-state index is -0.732. The van der Waals surface area contributed by atoms with E-state index in [1.54, 1.807) is 18.3 Å². The third-order valence-electron chi connectivity index (χ3n) is 4.30. The van der Waals surface area contributed by atoms with Crippen molar-refractivity contribution in [3.63, 3.8) is 0 Å². The van der Waals surface area contributed by atoms with Gasteiger partial charge in [0.2, 0.25) is 0 Å². The van der Waals surface area contributed by atoms with Gasteiger partial charge in [-0.05, 0) is 36.6 Å². The smallest absolute Gasteiger partial charge is 0.267 e. The van der Waals surface area contributed by atoms with Crippen LogP contribution in [0, 0.1) is 0 Å². The maximum Gasteiger partial charge on any atom is 0.267 e. The topological polar surface area (TPSA) is 84.8 Å². The average molecular weight is 286 g/mol. The second kappa shape index (κ2) is 5.33. The third-order valence-corrected chi connectivity index (χ3v) is 4.30. The van der Waals surface area contributed by atoms with E-state index in [9.17, 15) is 14.7 Å². The number of aromatic nitrogens is 1. The van der Waals surface area contributed by atoms with Gasteiger partial charge in [0, 0.05) is 12.1 Å². The number of aliphatic hydroxyl groups is 1. The maximum atomic E-state index is 12.3. The normalized spacial score (nSPS) is 22.3. The first-order valence-corrected chi connectivity index (χ1v) is 7.22. The Kier molecular flexibility index (Phi) is 3.51. The van der Waals surface area contributed by atoms with Crippen LogP contribution in [-0.4, -0.2) is 21.5 Å². The highest BCUT2D eigenvalue weighted by atomic mass is 16.3. The van der Waals surface area contributed by atoms with Crippen molar-refractivity contribution in [1.29, 1.82) is 0 Å². The van der Waals surface area contributed by atoms with Crippen molar-refractivity contribution >= 4 is 11.4 Å². The van der Waals surface area contributed by atoms with Gasteiger partial charge < -0.3 is 10.8 Å². The Labute approximate surface area is 122 Å². The van der Waals surface area contributed by atoms with Crippen molar-refractivity contribution in [3.05, 3.63) is 51.9 Å². The van der Waals surface area contributed by atoms with Crippen LogP contribution in [0.15, 0.2) is 35.3 Å². The Hall–Kier alpha value is -2.14. The molecule has 0 aliphatic heterocycles. The van der Waals surface area contributed by atoms with Crippen molar-refractivity contribution in [2.75, 3.05) is 0 Å². The Morgan fingerprint density at radius 2 is 2.05 bits per heavy atom. The molecule has 1 aliphatic carbocycles. The zero-order valence-electron chi connectivity index (χ0n) is 11.7. The van der Waals surface area contributed by atoms with Crippen LogP contribution in [0.1, 0.15) is 47.5 Å². The molecule has 0 spiro atoms. The molecular weight excluding hydrogens is 268 g/mol. The lowest BCUT2D eigenvalue weighted by Gasteiger charge is -2.29. The lowest BCUT2D eigenvalue weighted by molar-refractivity contribution is 0.0993. The number of rotatable bonds is 2. The summed E-state index contributed by atoms with van der Waals surface area (Å²) in [5.74, 6) is -0.792. The van der Waals surface area contributed by atoms with Crippen LogP contribution in [0.2, 0.25) is 0 Å². The number of carbonyl (C=O) groups is 1. The van der Waals surface area contributed by atoms with Gasteiger partial charge >= 0.3 is 0 Å². The molecule has 1 amide bonds. The van der Waals surface area contributed by atoms with Crippen LogP contribution in [0.25, 0.3) is 5.52 Å². The molecule has 2 heterocycles. The highest BCUT2D eigenvalue weighted by Gasteiger charge is 2.27. The van der Waals surface area contributed by atoms with Gasteiger partial charge in [0.1, 0.15) is 5.56 Å². The molecule has 0 radical (unpaired) electrons. The van der Waals surface area contributed by atoms with Crippen LogP contribution >= 0.6 is 0 Å². The minimum absolute atomic E-state index is 0.0218. The lowest BCUT2D eigenvalue weighted by Crippen LogP contribution is -2.30. The highest BCUT2D eigenvalue weighted by molar-refractivity contribution is 5.93. The first-order valence-electron chi connectivity index (χ1n) is 7.22. The SMILES string of the molecule is NC(=O)c1cc([C@@H]2CCCC[C@@H]2O)c2ccccn2c1=O. The number of hydrogen-bond donors (Lipinski definition) is 2. The molecule has 0 unspecified atom stereocenters. The molecule has 3 rings (SSSR count). The molecule has 1 aliphatic rings. The van der Waals surface area contributed by atoms with E-state index in [2.05, 4.69) is 0 Å². The summed E-state index contributed by atoms with van der Waals surface area (Å²) in [4.78, 5) is 23.8. The fourth-order valence-electron chi connectivity index (χ4n) is 3.22. The van der Waals surface area contributed by atoms with E-state index in [1.165, 1.54) is 4.40 Å². The molecule has 21 heavy (non-hydrogen) atoms. The Morgan fingerprint density at radius 1 is 1.29 bits per heavy atom. The summed E-state index contributed by atoms with van der Waals surface area (Å²) in [6.45, 7) is 0. The fourth-order valence-corrected chi connectivity index (χ4v) is 3.22. The van der Waals surface area contributed by atoms with Gasteiger partial charge in [-0.15, -0.1) is 0 Å². The molecule has 1 fully saturated rings. The van der Waals surface area contributed by atoms with Crippen molar-refractivity contribution in [3.8, 4) is 0 Å². The molecule has 0 aromatic carbocycles. The van der Waals surface area contributed by atoms with Crippen LogP contribution in [0.3, 0.4) is 0 Å². The Morgan fingerprint density at radius 3 is 2.76 bits per heavy atom. The number of nitrogens with two attached hydrogens (primary N) is 1. The first-order chi connectivity index (χ1) is 10.1. The average Bonchev–Trinajstić information content (AvgIpc) is 2.48. The number of primary amides is 1. The molecule has 2 aromatic rings. The van der Waals surface area contributed by atoms with Gasteiger partial charge in [0.05, 0.1) is 11.6 Å². The van der Waals surface area contributed by atoms with E-state index < -0.39 is 17.6 Å². The molecule has 5 nitrogen and oxygen atoms in total. The first kappa shape index (κ1) is 13.8. The molecule has 0 bridgehead atoms. The highest BCUT2D eigenvalue weighted by Crippen LogP contribution is 2.35. The summed E-state index contributed by atoms with van der Waals surface area (Å²) in [6.07, 6.45) is 4.82. The summed E-state index contributed by atoms with van der Waals surface area (Å²) >= 11 is 0. The van der Waals surface area contributed by atoms with Gasteiger partial charge in [0.15, 0.2) is 0 Å². The van der Waals surface area contributed by atoms with E-state index in [0.29, 0.717) is 0 Å². The second-order valence-corrected chi connectivity index (χ2v) is 5.60. The number of aliphatic hydroxyl groups excluding tert-OH is 1. The summed E-state index contributed by atoms with van der Waals surface area (Å²) in [5, 5.41) is 10.3. The van der Waals surface area contributed by atoms with Gasteiger partial charge in [-0.25, -0.2) is 0 Å². The van der Waals surface area contributed by atoms with Gasteiger partial charge in [-0.2, -0.15) is 0 Å². The lowest BCUT2D eigenvalue weighted by atomic mass is 9.81. The Bertz CT molecular complexity index is 751. The van der Waals surface area contributed by atoms with Crippen molar-refractivity contribution < 1.29 is 9.90 Å². The zero-order chi connectivity index (χ0) is 15.0. The number of carbonyl (C=O) groups excluding carboxylic acids is 1. The molecule has 0 saturated heterocycles. The molecule has 110 valence electrons. The summed E-state index contributed by atoms with van der Waals surface area (Å²) in [5.41, 5.74) is 6.46. The van der Waals surface area contributed by atoms with Crippen LogP contribution in [-0.2, 0) is 0 Å². The molecule has 5 heteroatoms. The standard InChI is InChI=1S/C16H18N2O3/c17-15(20)12-9-11(10-5-1-2-7-14(10)19)13-6-3-4-8-18(13)16(12)21/h3-4,6,8-10,14,19H,1-2,5,7H2,(H2,17,20)/t10-,14-/m0/s1. The molecular formula is C16H18N2O3. The minimum Gasteiger partial charge on any atom is -0.392 e. The number of hydrogen-bond acceptors (Lipinski definition) is 3. The van der Waals surface area contributed by atoms with E-state index in [0.717, 1.165) is 36.8 Å². The largest absolute Gasteiger partial charge is 0.392 e. The maximum absolute atomic E-state index is 12.3. The molecule has 3 N–H and O–H groups in total. The summed E-state index contributed by atoms with van der Waals surface area (Å²) < 4.78 is 1.44.